The fourth-order valence-electron chi connectivity index (χ4n) is 4.39. The Morgan fingerprint density at radius 2 is 1.81 bits per heavy atom. The van der Waals surface area contributed by atoms with Crippen LogP contribution in [0.3, 0.4) is 0 Å². The highest BCUT2D eigenvalue weighted by atomic mass is 35.5. The molecule has 5 rings (SSSR count). The molecule has 0 spiro atoms. The molecular weight excluding hydrogens is 559 g/mol. The maximum Gasteiger partial charge on any atom is 0.253 e. The minimum Gasteiger partial charge on any atom is -0.497 e. The molecule has 214 valence electrons. The molecule has 1 amide bonds. The van der Waals surface area contributed by atoms with Crippen molar-refractivity contribution >= 4 is 29.0 Å². The predicted octanol–water partition coefficient (Wildman–Crippen LogP) is 5.87. The average molecular weight is 587 g/mol. The number of benzene rings is 3. The molecule has 0 bridgehead atoms. The highest BCUT2D eigenvalue weighted by Gasteiger charge is 2.15. The Bertz CT molecular complexity index is 1720. The predicted molar refractivity (Wildman–Crippen MR) is 161 cm³/mol. The Hall–Kier alpha value is -5.09. The number of nitrogen functional groups attached to an aromatic ring is 1. The van der Waals surface area contributed by atoms with Gasteiger partial charge in [0.1, 0.15) is 23.1 Å². The number of carbonyl (C=O) groups is 1. The van der Waals surface area contributed by atoms with Crippen LogP contribution in [-0.4, -0.2) is 34.9 Å². The van der Waals surface area contributed by atoms with Gasteiger partial charge in [0.2, 0.25) is 0 Å². The van der Waals surface area contributed by atoms with Gasteiger partial charge in [-0.15, -0.1) is 0 Å². The van der Waals surface area contributed by atoms with Crippen LogP contribution < -0.4 is 25.8 Å². The number of hydrogen-bond donors (Lipinski definition) is 3. The van der Waals surface area contributed by atoms with Gasteiger partial charge in [0.15, 0.2) is 0 Å². The molecule has 11 heteroatoms. The Labute approximate surface area is 247 Å². The van der Waals surface area contributed by atoms with Gasteiger partial charge >= 0.3 is 0 Å². The largest absolute Gasteiger partial charge is 0.497 e. The zero-order valence-electron chi connectivity index (χ0n) is 22.9. The minimum absolute atomic E-state index is 0.214. The zero-order valence-corrected chi connectivity index (χ0v) is 23.7. The van der Waals surface area contributed by atoms with Crippen molar-refractivity contribution in [3.63, 3.8) is 0 Å². The van der Waals surface area contributed by atoms with E-state index in [1.54, 1.807) is 55.4 Å². The second kappa shape index (κ2) is 12.6. The van der Waals surface area contributed by atoms with Crippen LogP contribution in [0.4, 0.5) is 15.9 Å². The van der Waals surface area contributed by atoms with E-state index < -0.39 is 0 Å². The third kappa shape index (κ3) is 6.45. The summed E-state index contributed by atoms with van der Waals surface area (Å²) < 4.78 is 25.6. The molecule has 0 unspecified atom stereocenters. The van der Waals surface area contributed by atoms with Crippen LogP contribution in [0.5, 0.6) is 11.5 Å². The lowest BCUT2D eigenvalue weighted by atomic mass is 10.1. The number of pyridine rings is 1. The maximum absolute atomic E-state index is 13.3. The summed E-state index contributed by atoms with van der Waals surface area (Å²) in [5.74, 6) is 1.04. The number of halogens is 2. The van der Waals surface area contributed by atoms with Crippen molar-refractivity contribution in [2.75, 3.05) is 25.3 Å². The van der Waals surface area contributed by atoms with E-state index in [2.05, 4.69) is 20.7 Å². The molecule has 42 heavy (non-hydrogen) atoms. The number of methoxy groups -OCH3 is 2. The average Bonchev–Trinajstić information content (AvgIpc) is 3.50. The second-order valence-electron chi connectivity index (χ2n) is 9.33. The number of carbonyl (C=O) groups excluding carboxylic acids is 1. The number of nitrogens with two attached hydrogens (primary N) is 1. The number of aromatic nitrogens is 3. The number of hydrogen-bond acceptors (Lipinski definition) is 7. The molecule has 0 fully saturated rings. The number of rotatable bonds is 10. The number of anilines is 2. The second-order valence-corrected chi connectivity index (χ2v) is 9.77. The molecule has 0 saturated heterocycles. The fourth-order valence-corrected chi connectivity index (χ4v) is 4.65. The molecule has 3 aromatic carbocycles. The van der Waals surface area contributed by atoms with Crippen LogP contribution in [0.15, 0.2) is 85.3 Å². The summed E-state index contributed by atoms with van der Waals surface area (Å²) in [6, 6.07) is 18.6. The highest BCUT2D eigenvalue weighted by Crippen LogP contribution is 2.28. The molecule has 0 radical (unpaired) electrons. The van der Waals surface area contributed by atoms with Gasteiger partial charge in [0, 0.05) is 47.7 Å². The number of nitrogens with zero attached hydrogens (tertiary/aromatic N) is 3. The SMILES string of the molecule is COc1ccc(CNc2nccc(C(=O)NCc3cc(Cl)cc(-c4cnn(-c5ccc(F)cc5)c4)c3)c2N)c(OC)c1. The minimum atomic E-state index is -0.356. The van der Waals surface area contributed by atoms with Crippen molar-refractivity contribution in [3.05, 3.63) is 113 Å². The number of ether oxygens (including phenoxy) is 2. The van der Waals surface area contributed by atoms with Crippen LogP contribution in [0.2, 0.25) is 5.02 Å². The quantitative estimate of drug-likeness (QED) is 0.187. The molecule has 0 aliphatic carbocycles. The molecule has 4 N–H and O–H groups in total. The lowest BCUT2D eigenvalue weighted by Gasteiger charge is -2.14. The van der Waals surface area contributed by atoms with Crippen LogP contribution in [0.25, 0.3) is 16.8 Å². The van der Waals surface area contributed by atoms with Gasteiger partial charge in [-0.2, -0.15) is 5.10 Å². The summed E-state index contributed by atoms with van der Waals surface area (Å²) in [4.78, 5) is 17.4. The van der Waals surface area contributed by atoms with E-state index in [9.17, 15) is 9.18 Å². The summed E-state index contributed by atoms with van der Waals surface area (Å²) in [6.07, 6.45) is 5.05. The molecular formula is C31H28ClFN6O3. The molecule has 0 aliphatic rings. The van der Waals surface area contributed by atoms with E-state index in [1.807, 2.05) is 30.5 Å². The molecule has 0 saturated carbocycles. The summed E-state index contributed by atoms with van der Waals surface area (Å²) >= 11 is 6.41. The van der Waals surface area contributed by atoms with Crippen LogP contribution in [0, 0.1) is 5.82 Å². The van der Waals surface area contributed by atoms with Crippen molar-refractivity contribution in [3.8, 4) is 28.3 Å². The van der Waals surface area contributed by atoms with Crippen molar-refractivity contribution < 1.29 is 18.7 Å². The first-order valence-corrected chi connectivity index (χ1v) is 13.3. The normalized spacial score (nSPS) is 10.8. The molecule has 2 heterocycles. The molecule has 5 aromatic rings. The Balaban J connectivity index is 1.26. The maximum atomic E-state index is 13.3. The molecule has 9 nitrogen and oxygen atoms in total. The summed E-state index contributed by atoms with van der Waals surface area (Å²) in [6.45, 7) is 0.588. The lowest BCUT2D eigenvalue weighted by molar-refractivity contribution is 0.0951. The highest BCUT2D eigenvalue weighted by molar-refractivity contribution is 6.31. The van der Waals surface area contributed by atoms with Gasteiger partial charge in [-0.05, 0) is 71.8 Å². The van der Waals surface area contributed by atoms with Gasteiger partial charge in [-0.1, -0.05) is 11.6 Å². The van der Waals surface area contributed by atoms with Gasteiger partial charge in [-0.3, -0.25) is 4.79 Å². The molecule has 0 aliphatic heterocycles. The Morgan fingerprint density at radius 1 is 1.00 bits per heavy atom. The standard InChI is InChI=1S/C31H28ClFN6O3/c1-41-26-8-3-20(28(14-26)42-2)16-36-30-29(34)27(9-10-35-30)31(40)37-15-19-11-21(13-23(32)12-19)22-17-38-39(18-22)25-6-4-24(33)5-7-25/h3-14,17-18H,15-16,34H2,1-2H3,(H,35,36)(H,37,40). The number of nitrogens with one attached hydrogen (secondary N) is 2. The first-order valence-electron chi connectivity index (χ1n) is 12.9. The van der Waals surface area contributed by atoms with Gasteiger partial charge in [0.25, 0.3) is 5.91 Å². The zero-order chi connectivity index (χ0) is 29.6. The summed E-state index contributed by atoms with van der Waals surface area (Å²) in [5.41, 5.74) is 10.9. The van der Waals surface area contributed by atoms with Crippen molar-refractivity contribution in [2.45, 2.75) is 13.1 Å². The smallest absolute Gasteiger partial charge is 0.253 e. The van der Waals surface area contributed by atoms with Crippen molar-refractivity contribution in [2.24, 2.45) is 0 Å². The fraction of sp³-hybridized carbons (Fsp3) is 0.129. The number of amides is 1. The van der Waals surface area contributed by atoms with E-state index in [1.165, 1.54) is 18.3 Å². The van der Waals surface area contributed by atoms with E-state index in [-0.39, 0.29) is 29.5 Å². The lowest BCUT2D eigenvalue weighted by Crippen LogP contribution is -2.24. The van der Waals surface area contributed by atoms with E-state index in [0.29, 0.717) is 28.9 Å². The van der Waals surface area contributed by atoms with Crippen LogP contribution >= 0.6 is 11.6 Å². The topological polar surface area (TPSA) is 116 Å². The third-order valence-electron chi connectivity index (χ3n) is 6.59. The van der Waals surface area contributed by atoms with E-state index in [0.717, 1.165) is 27.9 Å². The van der Waals surface area contributed by atoms with E-state index in [4.69, 9.17) is 26.8 Å². The molecule has 2 aromatic heterocycles. The summed E-state index contributed by atoms with van der Waals surface area (Å²) in [7, 11) is 3.17. The Kier molecular flexibility index (Phi) is 8.54. The van der Waals surface area contributed by atoms with Gasteiger partial charge in [-0.25, -0.2) is 14.1 Å². The van der Waals surface area contributed by atoms with Crippen molar-refractivity contribution in [1.82, 2.24) is 20.1 Å². The van der Waals surface area contributed by atoms with Gasteiger partial charge in [0.05, 0.1) is 37.4 Å². The molecule has 0 atom stereocenters. The van der Waals surface area contributed by atoms with Crippen molar-refractivity contribution in [1.29, 1.82) is 0 Å². The van der Waals surface area contributed by atoms with Gasteiger partial charge < -0.3 is 25.8 Å². The first kappa shape index (κ1) is 28.4. The first-order chi connectivity index (χ1) is 20.3. The Morgan fingerprint density at radius 3 is 2.57 bits per heavy atom. The third-order valence-corrected chi connectivity index (χ3v) is 6.81. The van der Waals surface area contributed by atoms with E-state index >= 15 is 0 Å². The van der Waals surface area contributed by atoms with Crippen LogP contribution in [-0.2, 0) is 13.1 Å². The monoisotopic (exact) mass is 586 g/mol. The summed E-state index contributed by atoms with van der Waals surface area (Å²) in [5, 5.41) is 11.0. The van der Waals surface area contributed by atoms with Crippen LogP contribution in [0.1, 0.15) is 21.5 Å².